The van der Waals surface area contributed by atoms with Gasteiger partial charge in [0, 0.05) is 31.7 Å². The second kappa shape index (κ2) is 4.63. The van der Waals surface area contributed by atoms with Crippen LogP contribution >= 0.6 is 0 Å². The number of hydrogen-bond acceptors (Lipinski definition) is 2. The third kappa shape index (κ3) is 2.96. The van der Waals surface area contributed by atoms with Crippen molar-refractivity contribution in [2.45, 2.75) is 40.2 Å². The second-order valence-corrected chi connectivity index (χ2v) is 5.52. The summed E-state index contributed by atoms with van der Waals surface area (Å²) in [6, 6.07) is 0. The van der Waals surface area contributed by atoms with Crippen molar-refractivity contribution in [2.75, 3.05) is 32.7 Å². The van der Waals surface area contributed by atoms with Gasteiger partial charge < -0.3 is 4.90 Å². The zero-order valence-electron chi connectivity index (χ0n) is 10.5. The van der Waals surface area contributed by atoms with E-state index in [4.69, 9.17) is 0 Å². The van der Waals surface area contributed by atoms with Crippen LogP contribution in [0.3, 0.4) is 0 Å². The molecular formula is C12H26N2. The van der Waals surface area contributed by atoms with Gasteiger partial charge in [0.1, 0.15) is 0 Å². The van der Waals surface area contributed by atoms with E-state index >= 15 is 0 Å². The van der Waals surface area contributed by atoms with E-state index in [9.17, 15) is 0 Å². The fourth-order valence-electron chi connectivity index (χ4n) is 2.34. The maximum absolute atomic E-state index is 2.64. The Morgan fingerprint density at radius 3 is 2.29 bits per heavy atom. The Labute approximate surface area is 89.3 Å². The molecule has 1 aliphatic heterocycles. The maximum atomic E-state index is 2.64. The van der Waals surface area contributed by atoms with E-state index in [1.807, 2.05) is 0 Å². The van der Waals surface area contributed by atoms with Crippen molar-refractivity contribution in [3.05, 3.63) is 0 Å². The van der Waals surface area contributed by atoms with E-state index in [1.54, 1.807) is 0 Å². The van der Waals surface area contributed by atoms with Gasteiger partial charge in [-0.15, -0.1) is 0 Å². The first-order valence-corrected chi connectivity index (χ1v) is 5.93. The molecule has 1 fully saturated rings. The Kier molecular flexibility index (Phi) is 3.96. The summed E-state index contributed by atoms with van der Waals surface area (Å²) < 4.78 is 0. The van der Waals surface area contributed by atoms with Gasteiger partial charge in [-0.05, 0) is 26.3 Å². The standard InChI is InChI=1S/C12H26N2/c1-6-13-7-8-14(9-11(2)3)12(4,5)10-13/h11H,6-10H2,1-5H3. The van der Waals surface area contributed by atoms with Crippen molar-refractivity contribution in [2.24, 2.45) is 5.92 Å². The number of rotatable bonds is 3. The number of likely N-dealkylation sites (N-methyl/N-ethyl adjacent to an activating group) is 1. The SMILES string of the molecule is CCN1CCN(CC(C)C)C(C)(C)C1. The summed E-state index contributed by atoms with van der Waals surface area (Å²) in [6.45, 7) is 17.7. The molecule has 1 rings (SSSR count). The Morgan fingerprint density at radius 1 is 1.21 bits per heavy atom. The molecule has 0 aromatic carbocycles. The topological polar surface area (TPSA) is 6.48 Å². The van der Waals surface area contributed by atoms with E-state index in [0.717, 1.165) is 5.92 Å². The van der Waals surface area contributed by atoms with Gasteiger partial charge in [-0.2, -0.15) is 0 Å². The fourth-order valence-corrected chi connectivity index (χ4v) is 2.34. The van der Waals surface area contributed by atoms with Gasteiger partial charge in [0.15, 0.2) is 0 Å². The molecule has 0 aromatic rings. The number of hydrogen-bond donors (Lipinski definition) is 0. The molecule has 0 amide bonds. The highest BCUT2D eigenvalue weighted by Crippen LogP contribution is 2.21. The lowest BCUT2D eigenvalue weighted by Gasteiger charge is -2.47. The quantitative estimate of drug-likeness (QED) is 0.685. The third-order valence-electron chi connectivity index (χ3n) is 3.19. The highest BCUT2D eigenvalue weighted by Gasteiger charge is 2.32. The van der Waals surface area contributed by atoms with Gasteiger partial charge in [0.05, 0.1) is 0 Å². The Morgan fingerprint density at radius 2 is 1.86 bits per heavy atom. The summed E-state index contributed by atoms with van der Waals surface area (Å²) in [7, 11) is 0. The minimum absolute atomic E-state index is 0.360. The summed E-state index contributed by atoms with van der Waals surface area (Å²) in [6.07, 6.45) is 0. The summed E-state index contributed by atoms with van der Waals surface area (Å²) in [5, 5.41) is 0. The predicted octanol–water partition coefficient (Wildman–Crippen LogP) is 2.06. The normalized spacial score (nSPS) is 24.4. The molecule has 1 heterocycles. The van der Waals surface area contributed by atoms with Crippen LogP contribution in [0, 0.1) is 5.92 Å². The van der Waals surface area contributed by atoms with E-state index in [2.05, 4.69) is 44.4 Å². The van der Waals surface area contributed by atoms with Crippen LogP contribution in [0.4, 0.5) is 0 Å². The summed E-state index contributed by atoms with van der Waals surface area (Å²) in [5.74, 6) is 0.780. The predicted molar refractivity (Wildman–Crippen MR) is 62.6 cm³/mol. The zero-order chi connectivity index (χ0) is 10.8. The highest BCUT2D eigenvalue weighted by molar-refractivity contribution is 4.89. The van der Waals surface area contributed by atoms with Crippen LogP contribution in [-0.2, 0) is 0 Å². The van der Waals surface area contributed by atoms with Gasteiger partial charge in [0.2, 0.25) is 0 Å². The molecule has 1 aliphatic rings. The van der Waals surface area contributed by atoms with E-state index in [1.165, 1.54) is 32.7 Å². The molecule has 0 saturated carbocycles. The molecule has 2 heteroatoms. The van der Waals surface area contributed by atoms with Crippen LogP contribution in [0.2, 0.25) is 0 Å². The Bertz CT molecular complexity index is 175. The van der Waals surface area contributed by atoms with E-state index in [0.29, 0.717) is 5.54 Å². The van der Waals surface area contributed by atoms with Crippen molar-refractivity contribution in [3.8, 4) is 0 Å². The number of piperazine rings is 1. The van der Waals surface area contributed by atoms with Gasteiger partial charge >= 0.3 is 0 Å². The van der Waals surface area contributed by atoms with Crippen LogP contribution in [-0.4, -0.2) is 48.1 Å². The van der Waals surface area contributed by atoms with Crippen LogP contribution in [0.15, 0.2) is 0 Å². The first-order valence-electron chi connectivity index (χ1n) is 5.93. The molecule has 84 valence electrons. The Hall–Kier alpha value is -0.0800. The largest absolute Gasteiger partial charge is 0.301 e. The van der Waals surface area contributed by atoms with Crippen LogP contribution in [0.5, 0.6) is 0 Å². The smallest absolute Gasteiger partial charge is 0.0280 e. The summed E-state index contributed by atoms with van der Waals surface area (Å²) in [4.78, 5) is 5.20. The van der Waals surface area contributed by atoms with Crippen molar-refractivity contribution < 1.29 is 0 Å². The fraction of sp³-hybridized carbons (Fsp3) is 1.00. The van der Waals surface area contributed by atoms with E-state index < -0.39 is 0 Å². The molecule has 2 nitrogen and oxygen atoms in total. The lowest BCUT2D eigenvalue weighted by atomic mass is 9.97. The average molecular weight is 198 g/mol. The first kappa shape index (κ1) is 12.0. The van der Waals surface area contributed by atoms with Crippen molar-refractivity contribution in [1.29, 1.82) is 0 Å². The summed E-state index contributed by atoms with van der Waals surface area (Å²) >= 11 is 0. The molecular weight excluding hydrogens is 172 g/mol. The molecule has 0 spiro atoms. The summed E-state index contributed by atoms with van der Waals surface area (Å²) in [5.41, 5.74) is 0.360. The van der Waals surface area contributed by atoms with Gasteiger partial charge in [-0.1, -0.05) is 20.8 Å². The Balaban J connectivity index is 2.54. The van der Waals surface area contributed by atoms with Crippen LogP contribution in [0.1, 0.15) is 34.6 Å². The molecule has 0 aromatic heterocycles. The van der Waals surface area contributed by atoms with E-state index in [-0.39, 0.29) is 0 Å². The number of nitrogens with zero attached hydrogens (tertiary/aromatic N) is 2. The highest BCUT2D eigenvalue weighted by atomic mass is 15.3. The molecule has 0 bridgehead atoms. The van der Waals surface area contributed by atoms with Crippen molar-refractivity contribution >= 4 is 0 Å². The van der Waals surface area contributed by atoms with Gasteiger partial charge in [-0.25, -0.2) is 0 Å². The molecule has 0 aliphatic carbocycles. The lowest BCUT2D eigenvalue weighted by Crippen LogP contribution is -2.59. The maximum Gasteiger partial charge on any atom is 0.0280 e. The van der Waals surface area contributed by atoms with Crippen molar-refractivity contribution in [1.82, 2.24) is 9.80 Å². The first-order chi connectivity index (χ1) is 6.45. The molecule has 0 N–H and O–H groups in total. The second-order valence-electron chi connectivity index (χ2n) is 5.52. The van der Waals surface area contributed by atoms with Crippen molar-refractivity contribution in [3.63, 3.8) is 0 Å². The average Bonchev–Trinajstić information content (AvgIpc) is 2.07. The minimum atomic E-state index is 0.360. The van der Waals surface area contributed by atoms with Crippen LogP contribution < -0.4 is 0 Å². The monoisotopic (exact) mass is 198 g/mol. The van der Waals surface area contributed by atoms with Crippen LogP contribution in [0.25, 0.3) is 0 Å². The zero-order valence-corrected chi connectivity index (χ0v) is 10.5. The molecule has 1 saturated heterocycles. The third-order valence-corrected chi connectivity index (χ3v) is 3.19. The molecule has 0 unspecified atom stereocenters. The minimum Gasteiger partial charge on any atom is -0.301 e. The molecule has 14 heavy (non-hydrogen) atoms. The van der Waals surface area contributed by atoms with Gasteiger partial charge in [0.25, 0.3) is 0 Å². The lowest BCUT2D eigenvalue weighted by molar-refractivity contribution is 0.0145. The van der Waals surface area contributed by atoms with Gasteiger partial charge in [-0.3, -0.25) is 4.90 Å². The molecule has 0 atom stereocenters. The molecule has 0 radical (unpaired) electrons.